The molecule has 0 aliphatic carbocycles. The fourth-order valence-corrected chi connectivity index (χ4v) is 1.62. The molecule has 1 aromatic carbocycles. The zero-order valence-corrected chi connectivity index (χ0v) is 9.91. The molecule has 0 aliphatic heterocycles. The fourth-order valence-electron chi connectivity index (χ4n) is 1.62. The molecule has 90 valence electrons. The van der Waals surface area contributed by atoms with Gasteiger partial charge in [-0.1, -0.05) is 42.4 Å². The lowest BCUT2D eigenvalue weighted by molar-refractivity contribution is -0.145. The lowest BCUT2D eigenvalue weighted by atomic mass is 9.97. The summed E-state index contributed by atoms with van der Waals surface area (Å²) in [5.41, 5.74) is 9.45. The zero-order chi connectivity index (χ0) is 12.7. The molecule has 2 unspecified atom stereocenters. The van der Waals surface area contributed by atoms with Crippen molar-refractivity contribution in [2.45, 2.75) is 19.4 Å². The Morgan fingerprint density at radius 3 is 2.65 bits per heavy atom. The van der Waals surface area contributed by atoms with Crippen molar-refractivity contribution >= 4 is 5.97 Å². The third kappa shape index (κ3) is 3.81. The van der Waals surface area contributed by atoms with Crippen molar-refractivity contribution in [1.82, 2.24) is 0 Å². The molecule has 0 heterocycles. The number of hydrogen-bond donors (Lipinski definition) is 0. The Morgan fingerprint density at radius 2 is 2.12 bits per heavy atom. The van der Waals surface area contributed by atoms with E-state index in [1.54, 1.807) is 6.92 Å². The molecular formula is C12H15N3O2. The first-order valence-electron chi connectivity index (χ1n) is 5.36. The second-order valence-corrected chi connectivity index (χ2v) is 3.79. The summed E-state index contributed by atoms with van der Waals surface area (Å²) in [5, 5.41) is 3.72. The average Bonchev–Trinajstić information content (AvgIpc) is 2.38. The molecule has 0 bridgehead atoms. The number of carbonyl (C=O) groups excluding carboxylic acids is 1. The lowest BCUT2D eigenvalue weighted by Crippen LogP contribution is -2.15. The number of rotatable bonds is 5. The maximum atomic E-state index is 11.3. The van der Waals surface area contributed by atoms with Gasteiger partial charge in [-0.2, -0.15) is 0 Å². The van der Waals surface area contributed by atoms with E-state index in [-0.39, 0.29) is 17.9 Å². The van der Waals surface area contributed by atoms with E-state index in [0.29, 0.717) is 6.42 Å². The Balaban J connectivity index is 2.81. The first-order valence-corrected chi connectivity index (χ1v) is 5.36. The molecule has 17 heavy (non-hydrogen) atoms. The van der Waals surface area contributed by atoms with E-state index in [1.165, 1.54) is 7.11 Å². The Kier molecular flexibility index (Phi) is 5.04. The third-order valence-electron chi connectivity index (χ3n) is 2.56. The van der Waals surface area contributed by atoms with Gasteiger partial charge < -0.3 is 4.74 Å². The van der Waals surface area contributed by atoms with Gasteiger partial charge in [-0.3, -0.25) is 4.79 Å². The minimum Gasteiger partial charge on any atom is -0.469 e. The van der Waals surface area contributed by atoms with E-state index in [1.807, 2.05) is 30.3 Å². The molecule has 0 spiro atoms. The number of carbonyl (C=O) groups is 1. The highest BCUT2D eigenvalue weighted by Crippen LogP contribution is 2.25. The summed E-state index contributed by atoms with van der Waals surface area (Å²) in [6.07, 6.45) is 0.445. The quantitative estimate of drug-likeness (QED) is 0.339. The van der Waals surface area contributed by atoms with Crippen LogP contribution >= 0.6 is 0 Å². The SMILES string of the molecule is COC(=O)C(C)CC(N=[N+]=[N-])c1ccccc1. The van der Waals surface area contributed by atoms with Gasteiger partial charge in [0.05, 0.1) is 19.1 Å². The molecule has 0 N–H and O–H groups in total. The van der Waals surface area contributed by atoms with Crippen LogP contribution in [0, 0.1) is 5.92 Å². The number of methoxy groups -OCH3 is 1. The van der Waals surface area contributed by atoms with Crippen molar-refractivity contribution in [2.24, 2.45) is 11.0 Å². The van der Waals surface area contributed by atoms with Crippen molar-refractivity contribution in [3.63, 3.8) is 0 Å². The van der Waals surface area contributed by atoms with Crippen molar-refractivity contribution in [3.8, 4) is 0 Å². The van der Waals surface area contributed by atoms with Gasteiger partial charge in [0.15, 0.2) is 0 Å². The van der Waals surface area contributed by atoms with E-state index < -0.39 is 0 Å². The summed E-state index contributed by atoms with van der Waals surface area (Å²) in [6.45, 7) is 1.76. The highest BCUT2D eigenvalue weighted by Gasteiger charge is 2.19. The molecule has 0 saturated heterocycles. The molecular weight excluding hydrogens is 218 g/mol. The highest BCUT2D eigenvalue weighted by molar-refractivity contribution is 5.71. The molecule has 0 aromatic heterocycles. The van der Waals surface area contributed by atoms with Gasteiger partial charge in [-0.25, -0.2) is 0 Å². The third-order valence-corrected chi connectivity index (χ3v) is 2.56. The summed E-state index contributed by atoms with van der Waals surface area (Å²) in [4.78, 5) is 14.1. The van der Waals surface area contributed by atoms with E-state index >= 15 is 0 Å². The van der Waals surface area contributed by atoms with E-state index in [9.17, 15) is 4.79 Å². The van der Waals surface area contributed by atoms with Crippen molar-refractivity contribution < 1.29 is 9.53 Å². The summed E-state index contributed by atoms with van der Waals surface area (Å²) in [6, 6.07) is 9.05. The fraction of sp³-hybridized carbons (Fsp3) is 0.417. The van der Waals surface area contributed by atoms with Crippen LogP contribution in [0.25, 0.3) is 10.4 Å². The topological polar surface area (TPSA) is 75.1 Å². The molecule has 2 atom stereocenters. The number of esters is 1. The van der Waals surface area contributed by atoms with Gasteiger partial charge in [0.2, 0.25) is 0 Å². The molecule has 5 nitrogen and oxygen atoms in total. The number of nitrogens with zero attached hydrogens (tertiary/aromatic N) is 3. The number of ether oxygens (including phenoxy) is 1. The van der Waals surface area contributed by atoms with Crippen LogP contribution in [-0.2, 0) is 9.53 Å². The monoisotopic (exact) mass is 233 g/mol. The number of benzene rings is 1. The van der Waals surface area contributed by atoms with Crippen LogP contribution in [0.15, 0.2) is 35.4 Å². The van der Waals surface area contributed by atoms with Crippen molar-refractivity contribution in [2.75, 3.05) is 7.11 Å². The molecule has 0 amide bonds. The van der Waals surface area contributed by atoms with Gasteiger partial charge >= 0.3 is 5.97 Å². The van der Waals surface area contributed by atoms with Crippen molar-refractivity contribution in [1.29, 1.82) is 0 Å². The summed E-state index contributed by atoms with van der Waals surface area (Å²) in [7, 11) is 1.35. The molecule has 0 aliphatic rings. The maximum Gasteiger partial charge on any atom is 0.308 e. The minimum absolute atomic E-state index is 0.293. The number of azide groups is 1. The van der Waals surface area contributed by atoms with Crippen LogP contribution < -0.4 is 0 Å². The summed E-state index contributed by atoms with van der Waals surface area (Å²) >= 11 is 0. The van der Waals surface area contributed by atoms with E-state index in [0.717, 1.165) is 5.56 Å². The van der Waals surface area contributed by atoms with Crippen LogP contribution in [0.2, 0.25) is 0 Å². The molecule has 1 rings (SSSR count). The first-order chi connectivity index (χ1) is 8.19. The Hall–Kier alpha value is -2.00. The van der Waals surface area contributed by atoms with Gasteiger partial charge in [0.1, 0.15) is 0 Å². The Labute approximate surface area is 100 Å². The molecule has 1 aromatic rings. The molecule has 0 fully saturated rings. The van der Waals surface area contributed by atoms with Crippen LogP contribution in [0.1, 0.15) is 24.9 Å². The summed E-state index contributed by atoms with van der Waals surface area (Å²) < 4.78 is 4.65. The van der Waals surface area contributed by atoms with Gasteiger partial charge in [0, 0.05) is 4.91 Å². The van der Waals surface area contributed by atoms with E-state index in [4.69, 9.17) is 5.53 Å². The second-order valence-electron chi connectivity index (χ2n) is 3.79. The predicted molar refractivity (Wildman–Crippen MR) is 64.1 cm³/mol. The zero-order valence-electron chi connectivity index (χ0n) is 9.91. The first kappa shape index (κ1) is 13.1. The van der Waals surface area contributed by atoms with Gasteiger partial charge in [-0.05, 0) is 17.5 Å². The second kappa shape index (κ2) is 6.55. The van der Waals surface area contributed by atoms with Crippen LogP contribution in [-0.4, -0.2) is 13.1 Å². The average molecular weight is 233 g/mol. The number of hydrogen-bond acceptors (Lipinski definition) is 3. The van der Waals surface area contributed by atoms with Crippen LogP contribution in [0.4, 0.5) is 0 Å². The van der Waals surface area contributed by atoms with Gasteiger partial charge in [0.25, 0.3) is 0 Å². The molecule has 0 saturated carbocycles. The minimum atomic E-state index is -0.338. The normalized spacial score (nSPS) is 13.3. The highest BCUT2D eigenvalue weighted by atomic mass is 16.5. The molecule has 5 heteroatoms. The Morgan fingerprint density at radius 1 is 1.47 bits per heavy atom. The van der Waals surface area contributed by atoms with Crippen LogP contribution in [0.5, 0.6) is 0 Å². The van der Waals surface area contributed by atoms with Crippen LogP contribution in [0.3, 0.4) is 0 Å². The standard InChI is InChI=1S/C12H15N3O2/c1-9(12(16)17-2)8-11(14-15-13)10-6-4-3-5-7-10/h3-7,9,11H,8H2,1-2H3. The summed E-state index contributed by atoms with van der Waals surface area (Å²) in [5.74, 6) is -0.588. The smallest absolute Gasteiger partial charge is 0.308 e. The van der Waals surface area contributed by atoms with Gasteiger partial charge in [-0.15, -0.1) is 0 Å². The molecule has 0 radical (unpaired) electrons. The van der Waals surface area contributed by atoms with E-state index in [2.05, 4.69) is 14.8 Å². The lowest BCUT2D eigenvalue weighted by Gasteiger charge is -2.15. The maximum absolute atomic E-state index is 11.3. The van der Waals surface area contributed by atoms with Crippen molar-refractivity contribution in [3.05, 3.63) is 46.3 Å². The predicted octanol–water partition coefficient (Wildman–Crippen LogP) is 3.24. The Bertz CT molecular complexity index is 413. The largest absolute Gasteiger partial charge is 0.469 e.